The zero-order chi connectivity index (χ0) is 15.2. The molecule has 0 saturated carbocycles. The van der Waals surface area contributed by atoms with E-state index < -0.39 is 0 Å². The van der Waals surface area contributed by atoms with Gasteiger partial charge in [-0.25, -0.2) is 9.97 Å². The number of aromatic nitrogens is 3. The Bertz CT molecular complexity index is 743. The molecule has 3 rings (SSSR count). The molecule has 0 aliphatic carbocycles. The van der Waals surface area contributed by atoms with E-state index in [-0.39, 0.29) is 5.78 Å². The van der Waals surface area contributed by atoms with Crippen LogP contribution in [0, 0.1) is 0 Å². The van der Waals surface area contributed by atoms with Gasteiger partial charge in [0, 0.05) is 36.9 Å². The summed E-state index contributed by atoms with van der Waals surface area (Å²) in [4.78, 5) is 24.6. The van der Waals surface area contributed by atoms with Crippen molar-refractivity contribution >= 4 is 11.7 Å². The summed E-state index contributed by atoms with van der Waals surface area (Å²) in [7, 11) is 0. The quantitative estimate of drug-likeness (QED) is 0.732. The molecular weight excluding hydrogens is 276 g/mol. The molecule has 0 aliphatic rings. The minimum Gasteiger partial charge on any atom is -0.350 e. The van der Waals surface area contributed by atoms with Gasteiger partial charge in [-0.3, -0.25) is 9.78 Å². The van der Waals surface area contributed by atoms with Gasteiger partial charge in [0.2, 0.25) is 5.95 Å². The normalized spacial score (nSPS) is 10.2. The summed E-state index contributed by atoms with van der Waals surface area (Å²) >= 11 is 0. The molecule has 1 aromatic carbocycles. The SMILES string of the molecule is O=C(c1ccccc1)c1cnc(NCc2cccnc2)nc1. The van der Waals surface area contributed by atoms with Gasteiger partial charge in [0.25, 0.3) is 0 Å². The number of nitrogens with one attached hydrogen (secondary N) is 1. The molecular formula is C17H14N4O. The molecule has 0 bridgehead atoms. The molecule has 2 aromatic heterocycles. The van der Waals surface area contributed by atoms with Crippen LogP contribution in [-0.2, 0) is 6.54 Å². The summed E-state index contributed by atoms with van der Waals surface area (Å²) in [5, 5.41) is 3.09. The van der Waals surface area contributed by atoms with Crippen LogP contribution in [0.25, 0.3) is 0 Å². The molecule has 3 aromatic rings. The molecule has 0 amide bonds. The van der Waals surface area contributed by atoms with E-state index in [1.165, 1.54) is 12.4 Å². The summed E-state index contributed by atoms with van der Waals surface area (Å²) in [5.41, 5.74) is 2.14. The number of pyridine rings is 1. The lowest BCUT2D eigenvalue weighted by molar-refractivity contribution is 0.103. The molecule has 0 unspecified atom stereocenters. The summed E-state index contributed by atoms with van der Waals surface area (Å²) in [5.74, 6) is 0.396. The number of rotatable bonds is 5. The lowest BCUT2D eigenvalue weighted by Crippen LogP contribution is -2.07. The minimum atomic E-state index is -0.0839. The van der Waals surface area contributed by atoms with Crippen LogP contribution in [0.5, 0.6) is 0 Å². The lowest BCUT2D eigenvalue weighted by atomic mass is 10.1. The van der Waals surface area contributed by atoms with Crippen LogP contribution in [0.2, 0.25) is 0 Å². The second kappa shape index (κ2) is 6.58. The van der Waals surface area contributed by atoms with Gasteiger partial charge < -0.3 is 5.32 Å². The minimum absolute atomic E-state index is 0.0839. The lowest BCUT2D eigenvalue weighted by Gasteiger charge is -2.05. The van der Waals surface area contributed by atoms with Gasteiger partial charge in [-0.15, -0.1) is 0 Å². The Kier molecular flexibility index (Phi) is 4.15. The number of carbonyl (C=O) groups excluding carboxylic acids is 1. The Morgan fingerprint density at radius 3 is 2.36 bits per heavy atom. The Morgan fingerprint density at radius 1 is 0.909 bits per heavy atom. The molecule has 0 fully saturated rings. The van der Waals surface area contributed by atoms with Gasteiger partial charge in [0.1, 0.15) is 0 Å². The van der Waals surface area contributed by atoms with Crippen molar-refractivity contribution in [2.45, 2.75) is 6.54 Å². The largest absolute Gasteiger partial charge is 0.350 e. The first-order valence-corrected chi connectivity index (χ1v) is 6.87. The number of hydrogen-bond acceptors (Lipinski definition) is 5. The van der Waals surface area contributed by atoms with E-state index in [1.54, 1.807) is 24.5 Å². The average molecular weight is 290 g/mol. The van der Waals surface area contributed by atoms with Crippen molar-refractivity contribution in [2.75, 3.05) is 5.32 Å². The summed E-state index contributed by atoms with van der Waals surface area (Å²) in [6.07, 6.45) is 6.58. The van der Waals surface area contributed by atoms with Gasteiger partial charge >= 0.3 is 0 Å². The third-order valence-electron chi connectivity index (χ3n) is 3.12. The van der Waals surface area contributed by atoms with Crippen molar-refractivity contribution in [3.8, 4) is 0 Å². The molecule has 0 spiro atoms. The van der Waals surface area contributed by atoms with E-state index in [0.29, 0.717) is 23.6 Å². The van der Waals surface area contributed by atoms with Gasteiger partial charge in [-0.05, 0) is 11.6 Å². The topological polar surface area (TPSA) is 67.8 Å². The van der Waals surface area contributed by atoms with Crippen molar-refractivity contribution in [3.05, 3.63) is 83.9 Å². The molecule has 5 nitrogen and oxygen atoms in total. The predicted octanol–water partition coefficient (Wildman–Crippen LogP) is 2.71. The second-order valence-corrected chi connectivity index (χ2v) is 4.71. The monoisotopic (exact) mass is 290 g/mol. The number of carbonyl (C=O) groups is 1. The molecule has 108 valence electrons. The fourth-order valence-corrected chi connectivity index (χ4v) is 1.98. The van der Waals surface area contributed by atoms with Crippen molar-refractivity contribution in [1.82, 2.24) is 15.0 Å². The average Bonchev–Trinajstić information content (AvgIpc) is 2.61. The van der Waals surface area contributed by atoms with Crippen molar-refractivity contribution < 1.29 is 4.79 Å². The highest BCUT2D eigenvalue weighted by molar-refractivity contribution is 6.08. The van der Waals surface area contributed by atoms with E-state index in [0.717, 1.165) is 5.56 Å². The van der Waals surface area contributed by atoms with Crippen molar-refractivity contribution in [2.24, 2.45) is 0 Å². The van der Waals surface area contributed by atoms with E-state index in [2.05, 4.69) is 20.3 Å². The van der Waals surface area contributed by atoms with Crippen LogP contribution < -0.4 is 5.32 Å². The van der Waals surface area contributed by atoms with Crippen LogP contribution in [0.3, 0.4) is 0 Å². The first kappa shape index (κ1) is 13.9. The second-order valence-electron chi connectivity index (χ2n) is 4.71. The van der Waals surface area contributed by atoms with Crippen molar-refractivity contribution in [3.63, 3.8) is 0 Å². The predicted molar refractivity (Wildman–Crippen MR) is 83.5 cm³/mol. The van der Waals surface area contributed by atoms with Crippen LogP contribution in [0.15, 0.2) is 67.3 Å². The Hall–Kier alpha value is -3.08. The first-order valence-electron chi connectivity index (χ1n) is 6.87. The van der Waals surface area contributed by atoms with Gasteiger partial charge in [-0.2, -0.15) is 0 Å². The fraction of sp³-hybridized carbons (Fsp3) is 0.0588. The summed E-state index contributed by atoms with van der Waals surface area (Å²) in [6.45, 7) is 0.583. The maximum atomic E-state index is 12.2. The number of nitrogens with zero attached hydrogens (tertiary/aromatic N) is 3. The maximum Gasteiger partial charge on any atom is 0.222 e. The van der Waals surface area contributed by atoms with E-state index in [4.69, 9.17) is 0 Å². The van der Waals surface area contributed by atoms with Crippen molar-refractivity contribution in [1.29, 1.82) is 0 Å². The molecule has 5 heteroatoms. The number of benzene rings is 1. The highest BCUT2D eigenvalue weighted by atomic mass is 16.1. The number of anilines is 1. The number of ketones is 1. The Morgan fingerprint density at radius 2 is 1.68 bits per heavy atom. The molecule has 0 aliphatic heterocycles. The van der Waals surface area contributed by atoms with Crippen LogP contribution in [-0.4, -0.2) is 20.7 Å². The highest BCUT2D eigenvalue weighted by Gasteiger charge is 2.09. The zero-order valence-electron chi connectivity index (χ0n) is 11.8. The van der Waals surface area contributed by atoms with E-state index in [1.807, 2.05) is 30.3 Å². The molecule has 1 N–H and O–H groups in total. The van der Waals surface area contributed by atoms with Gasteiger partial charge in [0.05, 0.1) is 5.56 Å². The third kappa shape index (κ3) is 3.32. The smallest absolute Gasteiger partial charge is 0.222 e. The number of hydrogen-bond donors (Lipinski definition) is 1. The Labute approximate surface area is 128 Å². The molecule has 22 heavy (non-hydrogen) atoms. The molecule has 2 heterocycles. The first-order chi connectivity index (χ1) is 10.8. The standard InChI is InChI=1S/C17H14N4O/c22-16(14-6-2-1-3-7-14)15-11-20-17(21-12-15)19-10-13-5-4-8-18-9-13/h1-9,11-12H,10H2,(H,19,20,21). The molecule has 0 radical (unpaired) electrons. The maximum absolute atomic E-state index is 12.2. The van der Waals surface area contributed by atoms with E-state index >= 15 is 0 Å². The highest BCUT2D eigenvalue weighted by Crippen LogP contribution is 2.09. The van der Waals surface area contributed by atoms with Gasteiger partial charge in [0.15, 0.2) is 5.78 Å². The zero-order valence-corrected chi connectivity index (χ0v) is 11.8. The van der Waals surface area contributed by atoms with Crippen LogP contribution in [0.4, 0.5) is 5.95 Å². The van der Waals surface area contributed by atoms with Crippen LogP contribution in [0.1, 0.15) is 21.5 Å². The molecule has 0 atom stereocenters. The fourth-order valence-electron chi connectivity index (χ4n) is 1.98. The van der Waals surface area contributed by atoms with Gasteiger partial charge in [-0.1, -0.05) is 36.4 Å². The Balaban J connectivity index is 1.67. The van der Waals surface area contributed by atoms with E-state index in [9.17, 15) is 4.79 Å². The summed E-state index contributed by atoms with van der Waals surface area (Å²) in [6, 6.07) is 12.9. The molecule has 0 saturated heterocycles. The van der Waals surface area contributed by atoms with Crippen LogP contribution >= 0.6 is 0 Å². The third-order valence-corrected chi connectivity index (χ3v) is 3.12. The summed E-state index contributed by atoms with van der Waals surface area (Å²) < 4.78 is 0.